The van der Waals surface area contributed by atoms with E-state index in [1.807, 2.05) is 0 Å². The molecule has 1 atom stereocenters. The summed E-state index contributed by atoms with van der Waals surface area (Å²) in [6, 6.07) is 9.27. The Morgan fingerprint density at radius 2 is 1.92 bits per heavy atom. The van der Waals surface area contributed by atoms with E-state index in [0.29, 0.717) is 12.0 Å². The van der Waals surface area contributed by atoms with Crippen molar-refractivity contribution in [2.45, 2.75) is 57.5 Å². The molecule has 5 nitrogen and oxygen atoms in total. The second kappa shape index (κ2) is 6.55. The van der Waals surface area contributed by atoms with Crippen molar-refractivity contribution in [3.8, 4) is 0 Å². The van der Waals surface area contributed by atoms with Crippen molar-refractivity contribution >= 4 is 5.69 Å². The molecule has 2 heterocycles. The first kappa shape index (κ1) is 15.6. The first-order chi connectivity index (χ1) is 11.7. The standard InChI is InChI=1S/C19H26N4O/c1-13-5-3-4-6-17(13)20-16-9-11-23(12-10-16)14(2)19-21-18(22-24-19)15-7-8-15/h3-6,14-16,20H,7-12H2,1-2H3. The predicted octanol–water partition coefficient (Wildman–Crippen LogP) is 3.89. The van der Waals surface area contributed by atoms with Gasteiger partial charge < -0.3 is 9.84 Å². The topological polar surface area (TPSA) is 54.2 Å². The molecule has 0 spiro atoms. The zero-order valence-corrected chi connectivity index (χ0v) is 14.5. The first-order valence-corrected chi connectivity index (χ1v) is 9.10. The lowest BCUT2D eigenvalue weighted by Gasteiger charge is -2.35. The van der Waals surface area contributed by atoms with Gasteiger partial charge in [0.25, 0.3) is 0 Å². The summed E-state index contributed by atoms with van der Waals surface area (Å²) in [6.07, 6.45) is 4.71. The van der Waals surface area contributed by atoms with Gasteiger partial charge in [-0.15, -0.1) is 0 Å². The van der Waals surface area contributed by atoms with Crippen LogP contribution in [0.1, 0.15) is 61.8 Å². The van der Waals surface area contributed by atoms with E-state index in [2.05, 4.69) is 58.5 Å². The number of nitrogens with zero attached hydrogens (tertiary/aromatic N) is 3. The van der Waals surface area contributed by atoms with Gasteiger partial charge in [0.15, 0.2) is 5.82 Å². The van der Waals surface area contributed by atoms with Crippen LogP contribution in [0.5, 0.6) is 0 Å². The van der Waals surface area contributed by atoms with Crippen LogP contribution in [0.15, 0.2) is 28.8 Å². The number of rotatable bonds is 5. The van der Waals surface area contributed by atoms with Crippen LogP contribution < -0.4 is 5.32 Å². The summed E-state index contributed by atoms with van der Waals surface area (Å²) in [5.74, 6) is 2.24. The van der Waals surface area contributed by atoms with E-state index < -0.39 is 0 Å². The monoisotopic (exact) mass is 326 g/mol. The Morgan fingerprint density at radius 1 is 1.17 bits per heavy atom. The van der Waals surface area contributed by atoms with Crippen LogP contribution in [0.2, 0.25) is 0 Å². The third-order valence-electron chi connectivity index (χ3n) is 5.34. The number of nitrogens with one attached hydrogen (secondary N) is 1. The molecule has 24 heavy (non-hydrogen) atoms. The molecule has 1 unspecified atom stereocenters. The van der Waals surface area contributed by atoms with Gasteiger partial charge in [0.2, 0.25) is 5.89 Å². The summed E-state index contributed by atoms with van der Waals surface area (Å²) in [5, 5.41) is 7.85. The highest BCUT2D eigenvalue weighted by atomic mass is 16.5. The van der Waals surface area contributed by atoms with Crippen molar-refractivity contribution in [2.75, 3.05) is 18.4 Å². The number of anilines is 1. The Bertz CT molecular complexity index is 686. The smallest absolute Gasteiger partial charge is 0.243 e. The van der Waals surface area contributed by atoms with Crippen LogP contribution in [0.3, 0.4) is 0 Å². The molecule has 1 aliphatic carbocycles. The maximum atomic E-state index is 5.50. The molecule has 1 aliphatic heterocycles. The lowest BCUT2D eigenvalue weighted by Crippen LogP contribution is -2.40. The van der Waals surface area contributed by atoms with E-state index in [-0.39, 0.29) is 6.04 Å². The van der Waals surface area contributed by atoms with Crippen LogP contribution in [-0.2, 0) is 0 Å². The molecule has 0 bridgehead atoms. The fraction of sp³-hybridized carbons (Fsp3) is 0.579. The van der Waals surface area contributed by atoms with Crippen LogP contribution in [-0.4, -0.2) is 34.2 Å². The van der Waals surface area contributed by atoms with Gasteiger partial charge in [-0.3, -0.25) is 4.90 Å². The second-order valence-electron chi connectivity index (χ2n) is 7.21. The average Bonchev–Trinajstić information content (AvgIpc) is 3.34. The van der Waals surface area contributed by atoms with Crippen molar-refractivity contribution in [3.63, 3.8) is 0 Å². The number of hydrogen-bond acceptors (Lipinski definition) is 5. The van der Waals surface area contributed by atoms with Crippen molar-refractivity contribution in [2.24, 2.45) is 0 Å². The van der Waals surface area contributed by atoms with Gasteiger partial charge in [0.1, 0.15) is 0 Å². The quantitative estimate of drug-likeness (QED) is 0.903. The summed E-state index contributed by atoms with van der Waals surface area (Å²) >= 11 is 0. The minimum Gasteiger partial charge on any atom is -0.382 e. The van der Waals surface area contributed by atoms with E-state index in [4.69, 9.17) is 4.52 Å². The van der Waals surface area contributed by atoms with Crippen molar-refractivity contribution in [1.82, 2.24) is 15.0 Å². The Labute approximate surface area is 143 Å². The number of aryl methyl sites for hydroxylation is 1. The fourth-order valence-corrected chi connectivity index (χ4v) is 3.47. The zero-order valence-electron chi connectivity index (χ0n) is 14.5. The van der Waals surface area contributed by atoms with Gasteiger partial charge in [0.05, 0.1) is 6.04 Å². The molecular weight excluding hydrogens is 300 g/mol. The third-order valence-corrected chi connectivity index (χ3v) is 5.34. The molecule has 2 aromatic rings. The lowest BCUT2D eigenvalue weighted by atomic mass is 10.0. The predicted molar refractivity (Wildman–Crippen MR) is 94.1 cm³/mol. The SMILES string of the molecule is Cc1ccccc1NC1CCN(C(C)c2nc(C3CC3)no2)CC1. The molecule has 1 saturated carbocycles. The molecule has 5 heteroatoms. The molecule has 128 valence electrons. The molecular formula is C19H26N4O. The molecule has 0 amide bonds. The lowest BCUT2D eigenvalue weighted by molar-refractivity contribution is 0.140. The van der Waals surface area contributed by atoms with Gasteiger partial charge in [0, 0.05) is 30.7 Å². The average molecular weight is 326 g/mol. The molecule has 4 rings (SSSR count). The maximum Gasteiger partial charge on any atom is 0.243 e. The van der Waals surface area contributed by atoms with Crippen LogP contribution in [0, 0.1) is 6.92 Å². The largest absolute Gasteiger partial charge is 0.382 e. The Hall–Kier alpha value is -1.88. The number of benzene rings is 1. The minimum atomic E-state index is 0.212. The van der Waals surface area contributed by atoms with Crippen molar-refractivity contribution < 1.29 is 4.52 Å². The van der Waals surface area contributed by atoms with Gasteiger partial charge in [-0.25, -0.2) is 0 Å². The van der Waals surface area contributed by atoms with E-state index in [9.17, 15) is 0 Å². The maximum absolute atomic E-state index is 5.50. The van der Waals surface area contributed by atoms with Gasteiger partial charge in [-0.1, -0.05) is 23.4 Å². The number of piperidine rings is 1. The fourth-order valence-electron chi connectivity index (χ4n) is 3.47. The van der Waals surface area contributed by atoms with E-state index in [1.54, 1.807) is 0 Å². The van der Waals surface area contributed by atoms with Gasteiger partial charge >= 0.3 is 0 Å². The first-order valence-electron chi connectivity index (χ1n) is 9.10. The van der Waals surface area contributed by atoms with E-state index >= 15 is 0 Å². The van der Waals surface area contributed by atoms with E-state index in [0.717, 1.165) is 37.6 Å². The Balaban J connectivity index is 1.32. The Morgan fingerprint density at radius 3 is 2.62 bits per heavy atom. The summed E-state index contributed by atoms with van der Waals surface area (Å²) in [6.45, 7) is 6.46. The molecule has 1 N–H and O–H groups in total. The highest BCUT2D eigenvalue weighted by molar-refractivity contribution is 5.50. The van der Waals surface area contributed by atoms with Crippen LogP contribution in [0.25, 0.3) is 0 Å². The highest BCUT2D eigenvalue weighted by Crippen LogP contribution is 2.38. The number of aromatic nitrogens is 2. The second-order valence-corrected chi connectivity index (χ2v) is 7.21. The van der Waals surface area contributed by atoms with Gasteiger partial charge in [-0.05, 0) is 51.2 Å². The number of para-hydroxylation sites is 1. The van der Waals surface area contributed by atoms with Crippen LogP contribution in [0.4, 0.5) is 5.69 Å². The number of hydrogen-bond donors (Lipinski definition) is 1. The molecule has 1 aromatic carbocycles. The summed E-state index contributed by atoms with van der Waals surface area (Å²) in [5.41, 5.74) is 2.57. The van der Waals surface area contributed by atoms with Gasteiger partial charge in [-0.2, -0.15) is 4.98 Å². The summed E-state index contributed by atoms with van der Waals surface area (Å²) in [7, 11) is 0. The van der Waals surface area contributed by atoms with Crippen molar-refractivity contribution in [3.05, 3.63) is 41.5 Å². The molecule has 0 radical (unpaired) electrons. The summed E-state index contributed by atoms with van der Waals surface area (Å²) < 4.78 is 5.50. The zero-order chi connectivity index (χ0) is 16.5. The molecule has 2 aliphatic rings. The molecule has 1 saturated heterocycles. The normalized spacial score (nSPS) is 20.9. The highest BCUT2D eigenvalue weighted by Gasteiger charge is 2.31. The number of likely N-dealkylation sites (tertiary alicyclic amines) is 1. The molecule has 2 fully saturated rings. The molecule has 1 aromatic heterocycles. The van der Waals surface area contributed by atoms with E-state index in [1.165, 1.54) is 24.1 Å². The third kappa shape index (κ3) is 3.31. The summed E-state index contributed by atoms with van der Waals surface area (Å²) in [4.78, 5) is 7.07. The Kier molecular flexibility index (Phi) is 4.27. The van der Waals surface area contributed by atoms with Crippen LogP contribution >= 0.6 is 0 Å². The minimum absolute atomic E-state index is 0.212. The van der Waals surface area contributed by atoms with Crippen molar-refractivity contribution in [1.29, 1.82) is 0 Å².